The summed E-state index contributed by atoms with van der Waals surface area (Å²) in [5, 5.41) is 0.209. The molecular weight excluding hydrogens is 248 g/mol. The maximum Gasteiger partial charge on any atom is 0.304 e. The highest BCUT2D eigenvalue weighted by molar-refractivity contribution is 6.74. The van der Waals surface area contributed by atoms with Crippen LogP contribution < -0.4 is 0 Å². The van der Waals surface area contributed by atoms with Crippen molar-refractivity contribution in [3.63, 3.8) is 0 Å². The van der Waals surface area contributed by atoms with Crippen molar-refractivity contribution in [2.45, 2.75) is 71.1 Å². The molecule has 0 aromatic heterocycles. The fourth-order valence-electron chi connectivity index (χ4n) is 1.58. The largest absolute Gasteiger partial charge is 0.436 e. The summed E-state index contributed by atoms with van der Waals surface area (Å²) in [4.78, 5) is 10.8. The third-order valence-electron chi connectivity index (χ3n) is 3.80. The predicted octanol–water partition coefficient (Wildman–Crippen LogP) is 3.08. The van der Waals surface area contributed by atoms with Crippen LogP contribution in [0.2, 0.25) is 18.1 Å². The second kappa shape index (κ2) is 5.71. The van der Waals surface area contributed by atoms with Gasteiger partial charge in [-0.1, -0.05) is 20.8 Å². The van der Waals surface area contributed by atoms with Gasteiger partial charge in [-0.15, -0.1) is 0 Å². The third kappa shape index (κ3) is 4.37. The number of hydrogen-bond acceptors (Lipinski definition) is 4. The van der Waals surface area contributed by atoms with Crippen LogP contribution in [-0.4, -0.2) is 33.3 Å². The minimum Gasteiger partial charge on any atom is -0.436 e. The Bertz CT molecular complexity index is 296. The van der Waals surface area contributed by atoms with Crippen LogP contribution in [0.25, 0.3) is 0 Å². The molecule has 1 rings (SSSR count). The molecule has 1 heterocycles. The molecule has 1 aliphatic heterocycles. The van der Waals surface area contributed by atoms with Crippen LogP contribution in [0.1, 0.15) is 40.5 Å². The van der Waals surface area contributed by atoms with E-state index in [9.17, 15) is 4.79 Å². The van der Waals surface area contributed by atoms with Crippen LogP contribution in [0, 0.1) is 0 Å². The van der Waals surface area contributed by atoms with Crippen molar-refractivity contribution in [2.75, 3.05) is 6.61 Å². The summed E-state index contributed by atoms with van der Waals surface area (Å²) < 4.78 is 16.8. The van der Waals surface area contributed by atoms with Crippen molar-refractivity contribution in [3.05, 3.63) is 0 Å². The predicted molar refractivity (Wildman–Crippen MR) is 72.8 cm³/mol. The smallest absolute Gasteiger partial charge is 0.304 e. The highest BCUT2D eigenvalue weighted by atomic mass is 28.4. The van der Waals surface area contributed by atoms with Gasteiger partial charge in [-0.05, 0) is 24.6 Å². The molecule has 0 N–H and O–H groups in total. The number of hydrogen-bond donors (Lipinski definition) is 0. The lowest BCUT2D eigenvalue weighted by Gasteiger charge is -2.36. The van der Waals surface area contributed by atoms with Crippen LogP contribution in [0.4, 0.5) is 0 Å². The van der Waals surface area contributed by atoms with E-state index in [1.807, 2.05) is 0 Å². The Morgan fingerprint density at radius 1 is 1.33 bits per heavy atom. The van der Waals surface area contributed by atoms with Crippen molar-refractivity contribution in [1.29, 1.82) is 0 Å². The molecule has 4 nitrogen and oxygen atoms in total. The van der Waals surface area contributed by atoms with Crippen molar-refractivity contribution in [1.82, 2.24) is 0 Å². The third-order valence-corrected chi connectivity index (χ3v) is 8.30. The molecule has 0 aromatic rings. The fourth-order valence-corrected chi connectivity index (χ4v) is 2.62. The topological polar surface area (TPSA) is 44.8 Å². The van der Waals surface area contributed by atoms with Gasteiger partial charge in [0.2, 0.25) is 6.29 Å². The Morgan fingerprint density at radius 3 is 2.44 bits per heavy atom. The number of esters is 1. The second-order valence-electron chi connectivity index (χ2n) is 6.45. The second-order valence-corrected chi connectivity index (χ2v) is 11.3. The minimum absolute atomic E-state index is 0.0588. The first-order valence-electron chi connectivity index (χ1n) is 6.58. The van der Waals surface area contributed by atoms with Gasteiger partial charge in [0.15, 0.2) is 8.32 Å². The van der Waals surface area contributed by atoms with E-state index in [0.717, 1.165) is 12.8 Å². The van der Waals surface area contributed by atoms with Gasteiger partial charge in [0.1, 0.15) is 0 Å². The van der Waals surface area contributed by atoms with E-state index in [0.29, 0.717) is 6.61 Å². The maximum atomic E-state index is 10.8. The van der Waals surface area contributed by atoms with Crippen LogP contribution in [0.3, 0.4) is 0 Å². The van der Waals surface area contributed by atoms with Gasteiger partial charge in [-0.3, -0.25) is 4.79 Å². The summed E-state index contributed by atoms with van der Waals surface area (Å²) in [6, 6.07) is 0. The van der Waals surface area contributed by atoms with E-state index in [2.05, 4.69) is 33.9 Å². The van der Waals surface area contributed by atoms with Gasteiger partial charge >= 0.3 is 5.97 Å². The van der Waals surface area contributed by atoms with Crippen LogP contribution in [-0.2, 0) is 18.7 Å². The molecule has 1 saturated heterocycles. The monoisotopic (exact) mass is 274 g/mol. The lowest BCUT2D eigenvalue weighted by molar-refractivity contribution is -0.174. The summed E-state index contributed by atoms with van der Waals surface area (Å²) in [7, 11) is -1.71. The van der Waals surface area contributed by atoms with E-state index < -0.39 is 8.32 Å². The number of ether oxygens (including phenoxy) is 2. The SMILES string of the molecule is CC(=O)O[C@@H]1CC[C@@H](CO[Si](C)(C)C(C)(C)C)O1. The molecular formula is C13H26O4Si. The van der Waals surface area contributed by atoms with E-state index >= 15 is 0 Å². The first-order valence-corrected chi connectivity index (χ1v) is 9.49. The lowest BCUT2D eigenvalue weighted by atomic mass is 10.2. The van der Waals surface area contributed by atoms with Crippen molar-refractivity contribution in [3.8, 4) is 0 Å². The molecule has 0 saturated carbocycles. The highest BCUT2D eigenvalue weighted by Gasteiger charge is 2.38. The standard InChI is InChI=1S/C13H26O4Si/c1-10(14)16-12-8-7-11(17-12)9-15-18(5,6)13(2,3)4/h11-12H,7-9H2,1-6H3/t11-,12-/m0/s1. The van der Waals surface area contributed by atoms with Gasteiger partial charge < -0.3 is 13.9 Å². The van der Waals surface area contributed by atoms with E-state index in [1.54, 1.807) is 0 Å². The normalized spacial score (nSPS) is 25.2. The molecule has 106 valence electrons. The summed E-state index contributed by atoms with van der Waals surface area (Å²) in [6.45, 7) is 13.1. The molecule has 5 heteroatoms. The number of carbonyl (C=O) groups is 1. The van der Waals surface area contributed by atoms with Gasteiger partial charge in [0.05, 0.1) is 12.7 Å². The van der Waals surface area contributed by atoms with E-state index in [4.69, 9.17) is 13.9 Å². The molecule has 0 aliphatic carbocycles. The maximum absolute atomic E-state index is 10.8. The molecule has 1 aliphatic rings. The van der Waals surface area contributed by atoms with Crippen molar-refractivity contribution < 1.29 is 18.7 Å². The molecule has 0 spiro atoms. The highest BCUT2D eigenvalue weighted by Crippen LogP contribution is 2.37. The summed E-state index contributed by atoms with van der Waals surface area (Å²) in [5.74, 6) is -0.286. The Morgan fingerprint density at radius 2 is 1.94 bits per heavy atom. The average Bonchev–Trinajstić information content (AvgIpc) is 2.60. The van der Waals surface area contributed by atoms with Crippen LogP contribution in [0.15, 0.2) is 0 Å². The lowest BCUT2D eigenvalue weighted by Crippen LogP contribution is -2.42. The minimum atomic E-state index is -1.71. The molecule has 0 aromatic carbocycles. The zero-order valence-corrected chi connectivity index (χ0v) is 13.4. The average molecular weight is 274 g/mol. The first-order chi connectivity index (χ1) is 8.12. The molecule has 0 bridgehead atoms. The fraction of sp³-hybridized carbons (Fsp3) is 0.923. The Hall–Kier alpha value is -0.393. The molecule has 0 radical (unpaired) electrons. The van der Waals surface area contributed by atoms with Gasteiger partial charge in [0, 0.05) is 13.3 Å². The quantitative estimate of drug-likeness (QED) is 0.584. The summed E-state index contributed by atoms with van der Waals surface area (Å²) >= 11 is 0. The van der Waals surface area contributed by atoms with Gasteiger partial charge in [-0.25, -0.2) is 0 Å². The molecule has 0 unspecified atom stereocenters. The Balaban J connectivity index is 2.36. The molecule has 18 heavy (non-hydrogen) atoms. The summed E-state index contributed by atoms with van der Waals surface area (Å²) in [5.41, 5.74) is 0. The molecule has 0 amide bonds. The Kier molecular flexibility index (Phi) is 4.97. The zero-order chi connectivity index (χ0) is 14.0. The van der Waals surface area contributed by atoms with Crippen LogP contribution >= 0.6 is 0 Å². The van der Waals surface area contributed by atoms with E-state index in [1.165, 1.54) is 6.92 Å². The van der Waals surface area contributed by atoms with Crippen molar-refractivity contribution >= 4 is 14.3 Å². The Labute approximate surface area is 111 Å². The van der Waals surface area contributed by atoms with Crippen LogP contribution in [0.5, 0.6) is 0 Å². The van der Waals surface area contributed by atoms with Gasteiger partial charge in [-0.2, -0.15) is 0 Å². The number of carbonyl (C=O) groups excluding carboxylic acids is 1. The van der Waals surface area contributed by atoms with Gasteiger partial charge in [0.25, 0.3) is 0 Å². The molecule has 1 fully saturated rings. The van der Waals surface area contributed by atoms with Crippen molar-refractivity contribution in [2.24, 2.45) is 0 Å². The number of rotatable bonds is 4. The zero-order valence-electron chi connectivity index (χ0n) is 12.4. The van der Waals surface area contributed by atoms with E-state index in [-0.39, 0.29) is 23.4 Å². The summed E-state index contributed by atoms with van der Waals surface area (Å²) in [6.07, 6.45) is 1.34. The first kappa shape index (κ1) is 15.7. The molecule has 2 atom stereocenters.